The molecule has 0 spiro atoms. The number of hydrogen-bond acceptors (Lipinski definition) is 5. The Hall–Kier alpha value is -3.87. The standard InChI is InChI=1S/C23H22N4O3/c1-15-22(26(2)23(28)16-8-6-5-7-9-16)27-21(25-15)18(12-13-24-27)17-10-11-19(29-3)20(14-17)30-4/h5-14H,1-4H3. The average Bonchev–Trinajstić information content (AvgIpc) is 3.13. The molecule has 0 N–H and O–H groups in total. The molecule has 2 aromatic carbocycles. The third kappa shape index (κ3) is 3.24. The third-order valence-electron chi connectivity index (χ3n) is 5.00. The molecule has 30 heavy (non-hydrogen) atoms. The quantitative estimate of drug-likeness (QED) is 0.505. The number of anilines is 1. The number of imidazole rings is 1. The summed E-state index contributed by atoms with van der Waals surface area (Å²) in [5.74, 6) is 1.78. The van der Waals surface area contributed by atoms with Crippen molar-refractivity contribution in [2.45, 2.75) is 6.92 Å². The maximum atomic E-state index is 13.0. The van der Waals surface area contributed by atoms with Gasteiger partial charge in [0.25, 0.3) is 5.91 Å². The lowest BCUT2D eigenvalue weighted by Crippen LogP contribution is -2.28. The normalized spacial score (nSPS) is 10.8. The number of rotatable bonds is 5. The average molecular weight is 402 g/mol. The van der Waals surface area contributed by atoms with Crippen LogP contribution in [0.15, 0.2) is 60.8 Å². The lowest BCUT2D eigenvalue weighted by molar-refractivity contribution is 0.0991. The molecular formula is C23H22N4O3. The first kappa shape index (κ1) is 19.4. The molecule has 0 unspecified atom stereocenters. The maximum Gasteiger partial charge on any atom is 0.259 e. The van der Waals surface area contributed by atoms with Gasteiger partial charge in [0.05, 0.1) is 19.9 Å². The highest BCUT2D eigenvalue weighted by Gasteiger charge is 2.22. The summed E-state index contributed by atoms with van der Waals surface area (Å²) in [5.41, 5.74) is 3.76. The molecule has 0 saturated heterocycles. The second kappa shape index (κ2) is 7.87. The number of methoxy groups -OCH3 is 2. The largest absolute Gasteiger partial charge is 0.493 e. The molecule has 0 aliphatic rings. The van der Waals surface area contributed by atoms with Crippen LogP contribution < -0.4 is 14.4 Å². The van der Waals surface area contributed by atoms with Crippen molar-refractivity contribution >= 4 is 17.4 Å². The minimum Gasteiger partial charge on any atom is -0.493 e. The van der Waals surface area contributed by atoms with Gasteiger partial charge in [-0.05, 0) is 42.8 Å². The number of carbonyl (C=O) groups is 1. The SMILES string of the molecule is COc1ccc(-c2ccnn3c(N(C)C(=O)c4ccccc4)c(C)nc23)cc1OC. The van der Waals surface area contributed by atoms with Crippen molar-refractivity contribution in [3.8, 4) is 22.6 Å². The Balaban J connectivity index is 1.82. The number of benzene rings is 2. The molecule has 1 amide bonds. The van der Waals surface area contributed by atoms with Crippen LogP contribution in [-0.2, 0) is 0 Å². The van der Waals surface area contributed by atoms with Gasteiger partial charge in [0.1, 0.15) is 0 Å². The first-order valence-electron chi connectivity index (χ1n) is 9.45. The molecule has 2 heterocycles. The molecule has 0 bridgehead atoms. The molecule has 152 valence electrons. The van der Waals surface area contributed by atoms with Crippen LogP contribution in [0.3, 0.4) is 0 Å². The third-order valence-corrected chi connectivity index (χ3v) is 5.00. The zero-order chi connectivity index (χ0) is 21.3. The summed E-state index contributed by atoms with van der Waals surface area (Å²) in [4.78, 5) is 19.3. The summed E-state index contributed by atoms with van der Waals surface area (Å²) >= 11 is 0. The summed E-state index contributed by atoms with van der Waals surface area (Å²) < 4.78 is 12.5. The van der Waals surface area contributed by atoms with Crippen molar-refractivity contribution in [2.75, 3.05) is 26.2 Å². The lowest BCUT2D eigenvalue weighted by Gasteiger charge is -2.17. The van der Waals surface area contributed by atoms with Gasteiger partial charge in [-0.1, -0.05) is 24.3 Å². The van der Waals surface area contributed by atoms with E-state index in [9.17, 15) is 4.79 Å². The summed E-state index contributed by atoms with van der Waals surface area (Å²) in [6.45, 7) is 1.87. The Labute approximate surface area is 174 Å². The fraction of sp³-hybridized carbons (Fsp3) is 0.174. The van der Waals surface area contributed by atoms with E-state index in [1.54, 1.807) is 49.0 Å². The minimum absolute atomic E-state index is 0.126. The fourth-order valence-electron chi connectivity index (χ4n) is 3.53. The fourth-order valence-corrected chi connectivity index (χ4v) is 3.53. The predicted molar refractivity (Wildman–Crippen MR) is 115 cm³/mol. The van der Waals surface area contributed by atoms with Gasteiger partial charge in [-0.2, -0.15) is 9.61 Å². The Kier molecular flexibility index (Phi) is 5.10. The molecule has 0 aliphatic heterocycles. The summed E-state index contributed by atoms with van der Waals surface area (Å²) in [6, 6.07) is 16.7. The van der Waals surface area contributed by atoms with Gasteiger partial charge in [0.15, 0.2) is 23.0 Å². The van der Waals surface area contributed by atoms with Crippen molar-refractivity contribution in [3.05, 3.63) is 72.1 Å². The molecule has 0 atom stereocenters. The van der Waals surface area contributed by atoms with Crippen molar-refractivity contribution in [1.29, 1.82) is 0 Å². The number of carbonyl (C=O) groups excluding carboxylic acids is 1. The van der Waals surface area contributed by atoms with E-state index < -0.39 is 0 Å². The number of hydrogen-bond donors (Lipinski definition) is 0. The highest BCUT2D eigenvalue weighted by atomic mass is 16.5. The van der Waals surface area contributed by atoms with Crippen molar-refractivity contribution in [1.82, 2.24) is 14.6 Å². The van der Waals surface area contributed by atoms with Gasteiger partial charge < -0.3 is 9.47 Å². The minimum atomic E-state index is -0.126. The van der Waals surface area contributed by atoms with Gasteiger partial charge in [-0.3, -0.25) is 9.69 Å². The van der Waals surface area contributed by atoms with E-state index in [1.165, 1.54) is 0 Å². The van der Waals surface area contributed by atoms with Crippen LogP contribution in [0.5, 0.6) is 11.5 Å². The van der Waals surface area contributed by atoms with Crippen LogP contribution in [0.2, 0.25) is 0 Å². The molecule has 7 nitrogen and oxygen atoms in total. The lowest BCUT2D eigenvalue weighted by atomic mass is 10.1. The molecule has 7 heteroatoms. The summed E-state index contributed by atoms with van der Waals surface area (Å²) in [6.07, 6.45) is 1.70. The topological polar surface area (TPSA) is 69.0 Å². The highest BCUT2D eigenvalue weighted by molar-refractivity contribution is 6.05. The van der Waals surface area contributed by atoms with E-state index in [2.05, 4.69) is 5.10 Å². The first-order valence-corrected chi connectivity index (χ1v) is 9.45. The summed E-state index contributed by atoms with van der Waals surface area (Å²) in [7, 11) is 4.94. The molecular weight excluding hydrogens is 380 g/mol. The zero-order valence-corrected chi connectivity index (χ0v) is 17.3. The smallest absolute Gasteiger partial charge is 0.259 e. The number of amides is 1. The zero-order valence-electron chi connectivity index (χ0n) is 17.3. The highest BCUT2D eigenvalue weighted by Crippen LogP contribution is 2.34. The van der Waals surface area contributed by atoms with Crippen LogP contribution in [-0.4, -0.2) is 41.8 Å². The van der Waals surface area contributed by atoms with E-state index in [0.29, 0.717) is 34.2 Å². The van der Waals surface area contributed by atoms with Gasteiger partial charge in [0.2, 0.25) is 0 Å². The van der Waals surface area contributed by atoms with E-state index >= 15 is 0 Å². The molecule has 0 fully saturated rings. The van der Waals surface area contributed by atoms with Crippen LogP contribution in [0.25, 0.3) is 16.8 Å². The molecule has 0 radical (unpaired) electrons. The van der Waals surface area contributed by atoms with Gasteiger partial charge in [-0.15, -0.1) is 0 Å². The monoisotopic (exact) mass is 402 g/mol. The maximum absolute atomic E-state index is 13.0. The molecule has 4 rings (SSSR count). The molecule has 0 saturated carbocycles. The Morgan fingerprint density at radius 1 is 1.00 bits per heavy atom. The summed E-state index contributed by atoms with van der Waals surface area (Å²) in [5, 5.41) is 4.47. The molecule has 0 aliphatic carbocycles. The van der Waals surface area contributed by atoms with Gasteiger partial charge in [-0.25, -0.2) is 4.98 Å². The van der Waals surface area contributed by atoms with E-state index in [-0.39, 0.29) is 5.91 Å². The number of aryl methyl sites for hydroxylation is 1. The Morgan fingerprint density at radius 3 is 2.43 bits per heavy atom. The van der Waals surface area contributed by atoms with Crippen LogP contribution in [0.1, 0.15) is 16.1 Å². The molecule has 4 aromatic rings. The number of ether oxygens (including phenoxy) is 2. The molecule has 2 aromatic heterocycles. The van der Waals surface area contributed by atoms with Crippen LogP contribution >= 0.6 is 0 Å². The van der Waals surface area contributed by atoms with Crippen molar-refractivity contribution < 1.29 is 14.3 Å². The van der Waals surface area contributed by atoms with Crippen LogP contribution in [0.4, 0.5) is 5.82 Å². The number of nitrogens with zero attached hydrogens (tertiary/aromatic N) is 4. The number of aromatic nitrogens is 3. The second-order valence-electron chi connectivity index (χ2n) is 6.80. The van der Waals surface area contributed by atoms with Gasteiger partial charge in [0, 0.05) is 24.4 Å². The number of fused-ring (bicyclic) bond motifs is 1. The Morgan fingerprint density at radius 2 is 1.73 bits per heavy atom. The second-order valence-corrected chi connectivity index (χ2v) is 6.80. The van der Waals surface area contributed by atoms with E-state index in [0.717, 1.165) is 11.1 Å². The van der Waals surface area contributed by atoms with Crippen molar-refractivity contribution in [3.63, 3.8) is 0 Å². The predicted octanol–water partition coefficient (Wildman–Crippen LogP) is 4.00. The van der Waals surface area contributed by atoms with Crippen molar-refractivity contribution in [2.24, 2.45) is 0 Å². The van der Waals surface area contributed by atoms with E-state index in [4.69, 9.17) is 14.5 Å². The van der Waals surface area contributed by atoms with Crippen LogP contribution in [0, 0.1) is 6.92 Å². The van der Waals surface area contributed by atoms with Gasteiger partial charge >= 0.3 is 0 Å². The Bertz CT molecular complexity index is 1220. The van der Waals surface area contributed by atoms with E-state index in [1.807, 2.05) is 49.4 Å². The first-order chi connectivity index (χ1) is 14.5.